The largest absolute Gasteiger partial charge is 0.457 e. The second-order valence-corrected chi connectivity index (χ2v) is 4.47. The van der Waals surface area contributed by atoms with Gasteiger partial charge >= 0.3 is 5.69 Å². The molecule has 3 aromatic rings. The summed E-state index contributed by atoms with van der Waals surface area (Å²) in [6, 6.07) is 17.0. The van der Waals surface area contributed by atoms with Crippen LogP contribution in [0.2, 0.25) is 0 Å². The van der Waals surface area contributed by atoms with E-state index in [0.717, 1.165) is 17.2 Å². The molecule has 0 aliphatic rings. The van der Waals surface area contributed by atoms with Gasteiger partial charge in [-0.15, -0.1) is 0 Å². The van der Waals surface area contributed by atoms with Crippen LogP contribution < -0.4 is 10.4 Å². The van der Waals surface area contributed by atoms with Crippen LogP contribution in [0.25, 0.3) is 5.69 Å². The summed E-state index contributed by atoms with van der Waals surface area (Å²) in [5.74, 6) is 1.53. The Morgan fingerprint density at radius 2 is 1.50 bits per heavy atom. The van der Waals surface area contributed by atoms with E-state index in [9.17, 15) is 4.79 Å². The van der Waals surface area contributed by atoms with Gasteiger partial charge in [0, 0.05) is 19.4 Å². The Balaban J connectivity index is 1.85. The molecular weight excluding hydrogens is 252 g/mol. The Hall–Kier alpha value is -2.75. The first-order valence-corrected chi connectivity index (χ1v) is 6.31. The van der Waals surface area contributed by atoms with E-state index < -0.39 is 0 Å². The average molecular weight is 266 g/mol. The molecule has 0 aliphatic heterocycles. The van der Waals surface area contributed by atoms with Crippen molar-refractivity contribution in [3.8, 4) is 17.2 Å². The molecule has 0 unspecified atom stereocenters. The molecule has 0 saturated carbocycles. The highest BCUT2D eigenvalue weighted by Gasteiger charge is 2.03. The molecule has 0 N–H and O–H groups in total. The van der Waals surface area contributed by atoms with E-state index in [1.54, 1.807) is 24.0 Å². The Bertz CT molecular complexity index is 755. The van der Waals surface area contributed by atoms with Crippen LogP contribution >= 0.6 is 0 Å². The lowest BCUT2D eigenvalue weighted by Gasteiger charge is -2.06. The van der Waals surface area contributed by atoms with Gasteiger partial charge in [-0.1, -0.05) is 18.2 Å². The van der Waals surface area contributed by atoms with Crippen molar-refractivity contribution >= 4 is 0 Å². The summed E-state index contributed by atoms with van der Waals surface area (Å²) in [5, 5.41) is 0. The summed E-state index contributed by atoms with van der Waals surface area (Å²) < 4.78 is 8.84. The first-order valence-electron chi connectivity index (χ1n) is 6.31. The van der Waals surface area contributed by atoms with Crippen LogP contribution in [0.15, 0.2) is 71.8 Å². The Labute approximate surface area is 116 Å². The Morgan fingerprint density at radius 3 is 2.10 bits per heavy atom. The minimum Gasteiger partial charge on any atom is -0.457 e. The maximum atomic E-state index is 11.8. The van der Waals surface area contributed by atoms with Crippen LogP contribution in [0.1, 0.15) is 0 Å². The number of rotatable bonds is 3. The summed E-state index contributed by atoms with van der Waals surface area (Å²) >= 11 is 0. The van der Waals surface area contributed by atoms with Gasteiger partial charge in [-0.05, 0) is 36.4 Å². The van der Waals surface area contributed by atoms with Crippen molar-refractivity contribution < 1.29 is 4.74 Å². The molecule has 3 rings (SSSR count). The second kappa shape index (κ2) is 5.09. The van der Waals surface area contributed by atoms with Gasteiger partial charge in [0.1, 0.15) is 11.5 Å². The van der Waals surface area contributed by atoms with E-state index in [-0.39, 0.29) is 5.69 Å². The van der Waals surface area contributed by atoms with Crippen LogP contribution in [0.4, 0.5) is 0 Å². The first-order chi connectivity index (χ1) is 9.74. The lowest BCUT2D eigenvalue weighted by atomic mass is 10.3. The minimum absolute atomic E-state index is 0.0678. The number of hydrogen-bond acceptors (Lipinski definition) is 2. The van der Waals surface area contributed by atoms with Gasteiger partial charge in [0.25, 0.3) is 0 Å². The third-order valence-corrected chi connectivity index (χ3v) is 3.04. The van der Waals surface area contributed by atoms with Crippen molar-refractivity contribution in [3.63, 3.8) is 0 Å². The van der Waals surface area contributed by atoms with Crippen LogP contribution in [-0.4, -0.2) is 9.13 Å². The predicted octanol–water partition coefficient (Wildman–Crippen LogP) is 2.97. The SMILES string of the molecule is Cn1ccn(-c2ccc(Oc3ccccc3)cc2)c1=O. The van der Waals surface area contributed by atoms with Crippen LogP contribution in [0, 0.1) is 0 Å². The zero-order valence-corrected chi connectivity index (χ0v) is 11.1. The predicted molar refractivity (Wildman–Crippen MR) is 77.5 cm³/mol. The highest BCUT2D eigenvalue weighted by atomic mass is 16.5. The van der Waals surface area contributed by atoms with Gasteiger partial charge in [0.2, 0.25) is 0 Å². The number of aryl methyl sites for hydroxylation is 1. The molecule has 1 aromatic heterocycles. The van der Waals surface area contributed by atoms with Crippen molar-refractivity contribution in [1.29, 1.82) is 0 Å². The number of hydrogen-bond donors (Lipinski definition) is 0. The van der Waals surface area contributed by atoms with E-state index in [1.807, 2.05) is 54.6 Å². The molecule has 0 radical (unpaired) electrons. The third kappa shape index (κ3) is 2.36. The fraction of sp³-hybridized carbons (Fsp3) is 0.0625. The van der Waals surface area contributed by atoms with Gasteiger partial charge in [0.05, 0.1) is 5.69 Å². The molecule has 4 nitrogen and oxygen atoms in total. The van der Waals surface area contributed by atoms with E-state index >= 15 is 0 Å². The topological polar surface area (TPSA) is 36.2 Å². The molecule has 0 fully saturated rings. The van der Waals surface area contributed by atoms with E-state index in [4.69, 9.17) is 4.74 Å². The van der Waals surface area contributed by atoms with Gasteiger partial charge in [-0.25, -0.2) is 4.79 Å². The van der Waals surface area contributed by atoms with Crippen LogP contribution in [-0.2, 0) is 7.05 Å². The zero-order valence-electron chi connectivity index (χ0n) is 11.1. The smallest absolute Gasteiger partial charge is 0.332 e. The highest BCUT2D eigenvalue weighted by molar-refractivity contribution is 5.39. The molecule has 1 heterocycles. The number of imidazole rings is 1. The molecule has 20 heavy (non-hydrogen) atoms. The second-order valence-electron chi connectivity index (χ2n) is 4.47. The minimum atomic E-state index is -0.0678. The van der Waals surface area contributed by atoms with Crippen molar-refractivity contribution in [3.05, 3.63) is 77.5 Å². The number of benzene rings is 2. The fourth-order valence-corrected chi connectivity index (χ4v) is 1.96. The molecule has 0 spiro atoms. The maximum absolute atomic E-state index is 11.8. The zero-order chi connectivity index (χ0) is 13.9. The van der Waals surface area contributed by atoms with E-state index in [1.165, 1.54) is 4.57 Å². The molecule has 4 heteroatoms. The average Bonchev–Trinajstić information content (AvgIpc) is 2.81. The lowest BCUT2D eigenvalue weighted by molar-refractivity contribution is 0.482. The van der Waals surface area contributed by atoms with Crippen molar-refractivity contribution in [2.45, 2.75) is 0 Å². The molecule has 0 aliphatic carbocycles. The first kappa shape index (κ1) is 12.3. The molecule has 0 amide bonds. The molecule has 0 saturated heterocycles. The van der Waals surface area contributed by atoms with Gasteiger partial charge in [0.15, 0.2) is 0 Å². The van der Waals surface area contributed by atoms with E-state index in [2.05, 4.69) is 0 Å². The summed E-state index contributed by atoms with van der Waals surface area (Å²) in [6.07, 6.45) is 3.48. The monoisotopic (exact) mass is 266 g/mol. The summed E-state index contributed by atoms with van der Waals surface area (Å²) in [5.41, 5.74) is 0.748. The standard InChI is InChI=1S/C16H14N2O2/c1-17-11-12-18(16(17)19)13-7-9-15(10-8-13)20-14-5-3-2-4-6-14/h2-12H,1H3. The van der Waals surface area contributed by atoms with Crippen LogP contribution in [0.3, 0.4) is 0 Å². The Kier molecular flexibility index (Phi) is 3.13. The number of aromatic nitrogens is 2. The number of para-hydroxylation sites is 1. The summed E-state index contributed by atoms with van der Waals surface area (Å²) in [4.78, 5) is 11.8. The third-order valence-electron chi connectivity index (χ3n) is 3.04. The number of ether oxygens (including phenoxy) is 1. The normalized spacial score (nSPS) is 10.4. The van der Waals surface area contributed by atoms with Crippen LogP contribution in [0.5, 0.6) is 11.5 Å². The number of nitrogens with zero attached hydrogens (tertiary/aromatic N) is 2. The van der Waals surface area contributed by atoms with Gasteiger partial charge < -0.3 is 9.30 Å². The quantitative estimate of drug-likeness (QED) is 0.730. The molecule has 0 atom stereocenters. The van der Waals surface area contributed by atoms with Crippen molar-refractivity contribution in [2.75, 3.05) is 0 Å². The van der Waals surface area contributed by atoms with Crippen molar-refractivity contribution in [1.82, 2.24) is 9.13 Å². The molecule has 2 aromatic carbocycles. The lowest BCUT2D eigenvalue weighted by Crippen LogP contribution is -2.20. The molecule has 100 valence electrons. The van der Waals surface area contributed by atoms with Crippen molar-refractivity contribution in [2.24, 2.45) is 7.05 Å². The van der Waals surface area contributed by atoms with Gasteiger partial charge in [-0.3, -0.25) is 4.57 Å². The van der Waals surface area contributed by atoms with E-state index in [0.29, 0.717) is 0 Å². The summed E-state index contributed by atoms with van der Waals surface area (Å²) in [7, 11) is 1.73. The summed E-state index contributed by atoms with van der Waals surface area (Å²) in [6.45, 7) is 0. The molecule has 0 bridgehead atoms. The fourth-order valence-electron chi connectivity index (χ4n) is 1.96. The highest BCUT2D eigenvalue weighted by Crippen LogP contribution is 2.21. The van der Waals surface area contributed by atoms with Gasteiger partial charge in [-0.2, -0.15) is 0 Å². The Morgan fingerprint density at radius 1 is 0.850 bits per heavy atom. The maximum Gasteiger partial charge on any atom is 0.332 e. The molecular formula is C16H14N2O2.